The summed E-state index contributed by atoms with van der Waals surface area (Å²) in [6.07, 6.45) is 3.02. The molecule has 9 heteroatoms. The van der Waals surface area contributed by atoms with Crippen LogP contribution in [-0.2, 0) is 16.1 Å². The Balaban J connectivity index is 2.31. The molecule has 1 aromatic heterocycles. The molecule has 0 fully saturated rings. The Morgan fingerprint density at radius 3 is 2.67 bits per heavy atom. The van der Waals surface area contributed by atoms with E-state index in [0.29, 0.717) is 0 Å². The van der Waals surface area contributed by atoms with Crippen molar-refractivity contribution in [1.82, 2.24) is 9.55 Å². The first-order valence-corrected chi connectivity index (χ1v) is 8.04. The van der Waals surface area contributed by atoms with Gasteiger partial charge in [0.25, 0.3) is 15.0 Å². The maximum atomic E-state index is 11.9. The minimum atomic E-state index is -3.99. The summed E-state index contributed by atoms with van der Waals surface area (Å²) in [5.74, 6) is -0.362. The van der Waals surface area contributed by atoms with Crippen LogP contribution in [0.15, 0.2) is 35.6 Å². The lowest BCUT2D eigenvalue weighted by Crippen LogP contribution is -2.12. The lowest BCUT2D eigenvalue weighted by atomic mass is 10.3. The van der Waals surface area contributed by atoms with Crippen LogP contribution in [0, 0.1) is 0 Å². The first-order valence-electron chi connectivity index (χ1n) is 5.73. The van der Waals surface area contributed by atoms with Crippen LogP contribution < -0.4 is 10.1 Å². The van der Waals surface area contributed by atoms with Crippen LogP contribution in [0.1, 0.15) is 10.5 Å². The van der Waals surface area contributed by atoms with Crippen LogP contribution in [0.3, 0.4) is 0 Å². The molecule has 112 valence electrons. The van der Waals surface area contributed by atoms with Gasteiger partial charge in [-0.3, -0.25) is 4.79 Å². The van der Waals surface area contributed by atoms with E-state index < -0.39 is 15.0 Å². The summed E-state index contributed by atoms with van der Waals surface area (Å²) in [6.45, 7) is 0. The van der Waals surface area contributed by atoms with E-state index in [1.807, 2.05) is 0 Å². The molecule has 1 amide bonds. The number of aromatic nitrogens is 2. The predicted octanol–water partition coefficient (Wildman–Crippen LogP) is 1.61. The monoisotopic (exact) mass is 329 g/mol. The fourth-order valence-corrected chi connectivity index (χ4v) is 2.69. The van der Waals surface area contributed by atoms with Gasteiger partial charge in [-0.1, -0.05) is 0 Å². The van der Waals surface area contributed by atoms with Crippen molar-refractivity contribution >= 4 is 31.3 Å². The third kappa shape index (κ3) is 3.53. The fourth-order valence-electron chi connectivity index (χ4n) is 1.67. The Morgan fingerprint density at radius 1 is 1.43 bits per heavy atom. The SMILES string of the molecule is COc1ccc(NC(=O)c2cn(C)cn2)cc1S(=O)(=O)Cl. The molecule has 7 nitrogen and oxygen atoms in total. The smallest absolute Gasteiger partial charge is 0.275 e. The third-order valence-corrected chi connectivity index (χ3v) is 3.96. The molecule has 21 heavy (non-hydrogen) atoms. The Labute approximate surface area is 125 Å². The van der Waals surface area contributed by atoms with Gasteiger partial charge in [-0.25, -0.2) is 13.4 Å². The zero-order chi connectivity index (χ0) is 15.6. The first kappa shape index (κ1) is 15.3. The normalized spacial score (nSPS) is 11.2. The van der Waals surface area contributed by atoms with Gasteiger partial charge in [-0.15, -0.1) is 0 Å². The Kier molecular flexibility index (Phi) is 4.19. The van der Waals surface area contributed by atoms with Gasteiger partial charge < -0.3 is 14.6 Å². The van der Waals surface area contributed by atoms with Crippen LogP contribution in [0.4, 0.5) is 5.69 Å². The molecule has 0 bridgehead atoms. The summed E-state index contributed by atoms with van der Waals surface area (Å²) in [4.78, 5) is 15.6. The maximum absolute atomic E-state index is 11.9. The molecule has 0 aliphatic carbocycles. The molecule has 0 radical (unpaired) electrons. The molecular formula is C12H12ClN3O4S. The van der Waals surface area contributed by atoms with Crippen molar-refractivity contribution in [3.63, 3.8) is 0 Å². The van der Waals surface area contributed by atoms with E-state index in [0.717, 1.165) is 0 Å². The lowest BCUT2D eigenvalue weighted by Gasteiger charge is -2.09. The average Bonchev–Trinajstić information content (AvgIpc) is 2.84. The highest BCUT2D eigenvalue weighted by Gasteiger charge is 2.18. The van der Waals surface area contributed by atoms with E-state index in [4.69, 9.17) is 15.4 Å². The number of carbonyl (C=O) groups is 1. The van der Waals surface area contributed by atoms with Gasteiger partial charge in [0.05, 0.1) is 13.4 Å². The van der Waals surface area contributed by atoms with Crippen LogP contribution in [0.5, 0.6) is 5.75 Å². The number of ether oxygens (including phenoxy) is 1. The van der Waals surface area contributed by atoms with Gasteiger partial charge >= 0.3 is 0 Å². The molecule has 1 heterocycles. The molecule has 0 saturated carbocycles. The highest BCUT2D eigenvalue weighted by Crippen LogP contribution is 2.29. The van der Waals surface area contributed by atoms with Crippen LogP contribution >= 0.6 is 10.7 Å². The standard InChI is InChI=1S/C12H12ClN3O4S/c1-16-6-9(14-7-16)12(17)15-8-3-4-10(20-2)11(5-8)21(13,18)19/h3-7H,1-2H3,(H,15,17). The number of aryl methyl sites for hydroxylation is 1. The molecule has 0 atom stereocenters. The summed E-state index contributed by atoms with van der Waals surface area (Å²) in [6, 6.07) is 4.14. The van der Waals surface area contributed by atoms with Crippen LogP contribution in [0.2, 0.25) is 0 Å². The minimum absolute atomic E-state index is 0.0980. The van der Waals surface area contributed by atoms with Crippen molar-refractivity contribution in [2.75, 3.05) is 12.4 Å². The molecule has 2 rings (SSSR count). The molecule has 0 unspecified atom stereocenters. The number of nitrogens with zero attached hydrogens (tertiary/aromatic N) is 2. The topological polar surface area (TPSA) is 90.3 Å². The largest absolute Gasteiger partial charge is 0.495 e. The summed E-state index contributed by atoms with van der Waals surface area (Å²) in [5, 5.41) is 2.54. The van der Waals surface area contributed by atoms with E-state index in [1.165, 1.54) is 37.8 Å². The number of amides is 1. The van der Waals surface area contributed by atoms with Gasteiger partial charge in [-0.05, 0) is 18.2 Å². The van der Waals surface area contributed by atoms with Crippen molar-refractivity contribution in [3.05, 3.63) is 36.4 Å². The summed E-state index contributed by atoms with van der Waals surface area (Å²) in [5.41, 5.74) is 0.481. The number of benzene rings is 1. The number of methoxy groups -OCH3 is 1. The van der Waals surface area contributed by atoms with E-state index in [-0.39, 0.29) is 22.0 Å². The van der Waals surface area contributed by atoms with Gasteiger partial charge in [0, 0.05) is 29.6 Å². The number of anilines is 1. The number of imidazole rings is 1. The van der Waals surface area contributed by atoms with E-state index in [9.17, 15) is 13.2 Å². The molecular weight excluding hydrogens is 318 g/mol. The van der Waals surface area contributed by atoms with Crippen LogP contribution in [-0.4, -0.2) is 31.0 Å². The van der Waals surface area contributed by atoms with Crippen molar-refractivity contribution in [2.45, 2.75) is 4.90 Å². The number of halogens is 1. The van der Waals surface area contributed by atoms with E-state index in [2.05, 4.69) is 10.3 Å². The Hall–Kier alpha value is -2.06. The highest BCUT2D eigenvalue weighted by molar-refractivity contribution is 8.13. The van der Waals surface area contributed by atoms with Crippen LogP contribution in [0.25, 0.3) is 0 Å². The molecule has 0 aliphatic heterocycles. The highest BCUT2D eigenvalue weighted by atomic mass is 35.7. The summed E-state index contributed by atoms with van der Waals surface area (Å²) in [7, 11) is 4.40. The second-order valence-electron chi connectivity index (χ2n) is 4.18. The van der Waals surface area contributed by atoms with E-state index >= 15 is 0 Å². The number of carbonyl (C=O) groups excluding carboxylic acids is 1. The van der Waals surface area contributed by atoms with E-state index in [1.54, 1.807) is 11.6 Å². The molecule has 0 aliphatic rings. The molecule has 0 saturated heterocycles. The predicted molar refractivity (Wildman–Crippen MR) is 77.2 cm³/mol. The quantitative estimate of drug-likeness (QED) is 0.861. The minimum Gasteiger partial charge on any atom is -0.495 e. The number of nitrogens with one attached hydrogen (secondary N) is 1. The van der Waals surface area contributed by atoms with Gasteiger partial charge in [-0.2, -0.15) is 0 Å². The van der Waals surface area contributed by atoms with Gasteiger partial charge in [0.2, 0.25) is 0 Å². The third-order valence-electron chi connectivity index (χ3n) is 2.62. The number of hydrogen-bond acceptors (Lipinski definition) is 5. The zero-order valence-electron chi connectivity index (χ0n) is 11.2. The van der Waals surface area contributed by atoms with Crippen molar-refractivity contribution < 1.29 is 17.9 Å². The maximum Gasteiger partial charge on any atom is 0.275 e. The van der Waals surface area contributed by atoms with Gasteiger partial charge in [0.15, 0.2) is 0 Å². The Bertz CT molecular complexity index is 786. The lowest BCUT2D eigenvalue weighted by molar-refractivity contribution is 0.102. The summed E-state index contributed by atoms with van der Waals surface area (Å²) < 4.78 is 29.5. The number of hydrogen-bond donors (Lipinski definition) is 1. The number of rotatable bonds is 4. The summed E-state index contributed by atoms with van der Waals surface area (Å²) >= 11 is 0. The average molecular weight is 330 g/mol. The fraction of sp³-hybridized carbons (Fsp3) is 0.167. The molecule has 1 N–H and O–H groups in total. The second kappa shape index (κ2) is 5.74. The Morgan fingerprint density at radius 2 is 2.14 bits per heavy atom. The zero-order valence-corrected chi connectivity index (χ0v) is 12.8. The van der Waals surface area contributed by atoms with Gasteiger partial charge in [0.1, 0.15) is 16.3 Å². The molecule has 0 spiro atoms. The van der Waals surface area contributed by atoms with Crippen molar-refractivity contribution in [1.29, 1.82) is 0 Å². The second-order valence-corrected chi connectivity index (χ2v) is 6.72. The van der Waals surface area contributed by atoms with Crippen molar-refractivity contribution in [2.24, 2.45) is 7.05 Å². The first-order chi connectivity index (χ1) is 9.81. The molecule has 1 aromatic carbocycles. The molecule has 2 aromatic rings. The van der Waals surface area contributed by atoms with Crippen molar-refractivity contribution in [3.8, 4) is 5.75 Å².